The van der Waals surface area contributed by atoms with Gasteiger partial charge in [-0.15, -0.1) is 0 Å². The van der Waals surface area contributed by atoms with Gasteiger partial charge in [-0.05, 0) is 36.4 Å². The van der Waals surface area contributed by atoms with Crippen molar-refractivity contribution in [3.63, 3.8) is 0 Å². The van der Waals surface area contributed by atoms with Crippen LogP contribution in [0.2, 0.25) is 0 Å². The van der Waals surface area contributed by atoms with Crippen LogP contribution in [0.15, 0.2) is 47.4 Å². The number of amides is 2. The van der Waals surface area contributed by atoms with Gasteiger partial charge < -0.3 is 10.6 Å². The number of carbonyl (C=O) groups excluding carboxylic acids is 2. The van der Waals surface area contributed by atoms with Crippen LogP contribution in [0.1, 0.15) is 17.3 Å². The molecule has 27 heavy (non-hydrogen) atoms. The first-order valence-corrected chi connectivity index (χ1v) is 9.28. The van der Waals surface area contributed by atoms with E-state index in [-0.39, 0.29) is 19.0 Å². The van der Waals surface area contributed by atoms with Crippen molar-refractivity contribution < 1.29 is 26.8 Å². The lowest BCUT2D eigenvalue weighted by Crippen LogP contribution is -2.35. The molecule has 0 atom stereocenters. The number of anilines is 1. The second-order valence-corrected chi connectivity index (χ2v) is 7.22. The van der Waals surface area contributed by atoms with E-state index in [2.05, 4.69) is 15.4 Å². The lowest BCUT2D eigenvalue weighted by Gasteiger charge is -2.09. The fraction of sp³-hybridized carbons (Fsp3) is 0.176. The predicted molar refractivity (Wildman–Crippen MR) is 94.6 cm³/mol. The maximum absolute atomic E-state index is 13.6. The fourth-order valence-electron chi connectivity index (χ4n) is 2.14. The van der Waals surface area contributed by atoms with E-state index in [9.17, 15) is 26.8 Å². The van der Waals surface area contributed by atoms with Crippen LogP contribution in [0.25, 0.3) is 0 Å². The predicted octanol–water partition coefficient (Wildman–Crippen LogP) is 1.63. The molecule has 0 bridgehead atoms. The van der Waals surface area contributed by atoms with E-state index >= 15 is 0 Å². The third-order valence-electron chi connectivity index (χ3n) is 3.35. The lowest BCUT2D eigenvalue weighted by atomic mass is 10.2. The first-order valence-electron chi connectivity index (χ1n) is 7.79. The molecule has 3 N–H and O–H groups in total. The number of nitrogens with one attached hydrogen (secondary N) is 3. The topological polar surface area (TPSA) is 104 Å². The van der Waals surface area contributed by atoms with Gasteiger partial charge in [0.05, 0.1) is 0 Å². The second-order valence-electron chi connectivity index (χ2n) is 5.49. The van der Waals surface area contributed by atoms with E-state index in [1.54, 1.807) is 12.1 Å². The monoisotopic (exact) mass is 397 g/mol. The third kappa shape index (κ3) is 5.83. The minimum absolute atomic E-state index is 0.0473. The summed E-state index contributed by atoms with van der Waals surface area (Å²) in [7, 11) is -4.17. The standard InChI is InChI=1S/C17H17F2N3O4S/c1-11(23)22-14-5-2-12(3-6-14)17(24)20-8-9-21-27(25,26)16-7-4-13(18)10-15(16)19/h2-7,10,21H,8-9H2,1H3,(H,20,24)(H,22,23). The largest absolute Gasteiger partial charge is 0.351 e. The Labute approximate surface area is 154 Å². The van der Waals surface area contributed by atoms with Gasteiger partial charge >= 0.3 is 0 Å². The van der Waals surface area contributed by atoms with Crippen molar-refractivity contribution in [2.45, 2.75) is 11.8 Å². The number of hydrogen-bond donors (Lipinski definition) is 3. The number of rotatable bonds is 7. The van der Waals surface area contributed by atoms with E-state index in [1.807, 2.05) is 0 Å². The van der Waals surface area contributed by atoms with Crippen molar-refractivity contribution in [3.05, 3.63) is 59.7 Å². The Morgan fingerprint density at radius 3 is 2.26 bits per heavy atom. The molecule has 2 aromatic rings. The first-order chi connectivity index (χ1) is 12.7. The number of benzene rings is 2. The van der Waals surface area contributed by atoms with Crippen LogP contribution in [0, 0.1) is 11.6 Å². The molecule has 144 valence electrons. The summed E-state index contributed by atoms with van der Waals surface area (Å²) in [6.45, 7) is 1.13. The summed E-state index contributed by atoms with van der Waals surface area (Å²) in [5, 5.41) is 5.06. The van der Waals surface area contributed by atoms with Gasteiger partial charge in [0.25, 0.3) is 5.91 Å². The van der Waals surface area contributed by atoms with Crippen LogP contribution in [0.3, 0.4) is 0 Å². The Balaban J connectivity index is 1.86. The molecule has 0 radical (unpaired) electrons. The van der Waals surface area contributed by atoms with Gasteiger partial charge in [0, 0.05) is 37.3 Å². The van der Waals surface area contributed by atoms with E-state index in [0.29, 0.717) is 17.3 Å². The van der Waals surface area contributed by atoms with Crippen molar-refractivity contribution in [2.24, 2.45) is 0 Å². The van der Waals surface area contributed by atoms with Crippen molar-refractivity contribution in [1.29, 1.82) is 0 Å². The highest BCUT2D eigenvalue weighted by Crippen LogP contribution is 2.15. The molecule has 0 fully saturated rings. The molecule has 0 aliphatic heterocycles. The molecule has 0 heterocycles. The number of hydrogen-bond acceptors (Lipinski definition) is 4. The summed E-state index contributed by atoms with van der Waals surface area (Å²) in [5.41, 5.74) is 0.852. The zero-order valence-electron chi connectivity index (χ0n) is 14.3. The van der Waals surface area contributed by atoms with Crippen molar-refractivity contribution in [1.82, 2.24) is 10.0 Å². The maximum atomic E-state index is 13.6. The van der Waals surface area contributed by atoms with E-state index in [0.717, 1.165) is 12.1 Å². The smallest absolute Gasteiger partial charge is 0.251 e. The molecule has 7 nitrogen and oxygen atoms in total. The number of carbonyl (C=O) groups is 2. The van der Waals surface area contributed by atoms with Crippen molar-refractivity contribution in [3.8, 4) is 0 Å². The highest BCUT2D eigenvalue weighted by Gasteiger charge is 2.19. The molecule has 2 rings (SSSR count). The van der Waals surface area contributed by atoms with Crippen LogP contribution >= 0.6 is 0 Å². The van der Waals surface area contributed by atoms with Crippen LogP contribution in [-0.4, -0.2) is 33.3 Å². The molecule has 0 unspecified atom stereocenters. The second kappa shape index (κ2) is 8.69. The quantitative estimate of drug-likeness (QED) is 0.618. The fourth-order valence-corrected chi connectivity index (χ4v) is 3.23. The van der Waals surface area contributed by atoms with Gasteiger partial charge in [-0.2, -0.15) is 0 Å². The minimum atomic E-state index is -4.17. The molecular formula is C17H17F2N3O4S. The Hall–Kier alpha value is -2.85. The Morgan fingerprint density at radius 2 is 1.67 bits per heavy atom. The molecule has 0 saturated carbocycles. The molecule has 0 aliphatic rings. The average molecular weight is 397 g/mol. The summed E-state index contributed by atoms with van der Waals surface area (Å²) in [5.74, 6) is -2.78. The first kappa shape index (κ1) is 20.5. The van der Waals surface area contributed by atoms with Gasteiger partial charge in [-0.25, -0.2) is 21.9 Å². The highest BCUT2D eigenvalue weighted by atomic mass is 32.2. The van der Waals surface area contributed by atoms with Gasteiger partial charge in [-0.3, -0.25) is 9.59 Å². The summed E-state index contributed by atoms with van der Waals surface area (Å²) >= 11 is 0. The molecule has 0 aromatic heterocycles. The molecule has 0 aliphatic carbocycles. The van der Waals surface area contributed by atoms with Gasteiger partial charge in [0.2, 0.25) is 15.9 Å². The Bertz CT molecular complexity index is 947. The molecule has 2 amide bonds. The zero-order valence-corrected chi connectivity index (χ0v) is 15.1. The maximum Gasteiger partial charge on any atom is 0.251 e. The van der Waals surface area contributed by atoms with Crippen LogP contribution < -0.4 is 15.4 Å². The molecule has 0 spiro atoms. The number of sulfonamides is 1. The van der Waals surface area contributed by atoms with Crippen LogP contribution in [0.5, 0.6) is 0 Å². The normalized spacial score (nSPS) is 11.1. The van der Waals surface area contributed by atoms with Crippen molar-refractivity contribution in [2.75, 3.05) is 18.4 Å². The van der Waals surface area contributed by atoms with Crippen LogP contribution in [-0.2, 0) is 14.8 Å². The van der Waals surface area contributed by atoms with Crippen LogP contribution in [0.4, 0.5) is 14.5 Å². The third-order valence-corrected chi connectivity index (χ3v) is 4.85. The zero-order chi connectivity index (χ0) is 20.0. The summed E-state index contributed by atoms with van der Waals surface area (Å²) in [6, 6.07) is 8.23. The molecule has 0 saturated heterocycles. The molecule has 10 heteroatoms. The minimum Gasteiger partial charge on any atom is -0.351 e. The van der Waals surface area contributed by atoms with Gasteiger partial charge in [0.1, 0.15) is 16.5 Å². The molecular weight excluding hydrogens is 380 g/mol. The van der Waals surface area contributed by atoms with E-state index < -0.39 is 32.5 Å². The van der Waals surface area contributed by atoms with E-state index in [1.165, 1.54) is 19.1 Å². The number of halogens is 2. The highest BCUT2D eigenvalue weighted by molar-refractivity contribution is 7.89. The van der Waals surface area contributed by atoms with Crippen molar-refractivity contribution >= 4 is 27.5 Å². The SMILES string of the molecule is CC(=O)Nc1ccc(C(=O)NCCNS(=O)(=O)c2ccc(F)cc2F)cc1. The summed E-state index contributed by atoms with van der Waals surface area (Å²) in [6.07, 6.45) is 0. The van der Waals surface area contributed by atoms with Gasteiger partial charge in [-0.1, -0.05) is 0 Å². The molecule has 2 aromatic carbocycles. The lowest BCUT2D eigenvalue weighted by molar-refractivity contribution is -0.114. The Kier molecular flexibility index (Phi) is 6.59. The summed E-state index contributed by atoms with van der Waals surface area (Å²) in [4.78, 5) is 22.2. The Morgan fingerprint density at radius 1 is 1.00 bits per heavy atom. The van der Waals surface area contributed by atoms with E-state index in [4.69, 9.17) is 0 Å². The summed E-state index contributed by atoms with van der Waals surface area (Å²) < 4.78 is 52.5. The average Bonchev–Trinajstić information content (AvgIpc) is 2.58. The van der Waals surface area contributed by atoms with Gasteiger partial charge in [0.15, 0.2) is 0 Å².